The highest BCUT2D eigenvalue weighted by atomic mass is 35.5. The number of halogens is 1. The van der Waals surface area contributed by atoms with E-state index in [-0.39, 0.29) is 5.78 Å². The second-order valence-corrected chi connectivity index (χ2v) is 3.25. The zero-order chi connectivity index (χ0) is 9.68. The standard InChI is InChI=1S/C11H11ClO/c1-9(13)11(12)8-7-10-5-3-2-4-6-10/h2-8,11H,1H3/b8-7+. The van der Waals surface area contributed by atoms with Gasteiger partial charge in [0.1, 0.15) is 5.38 Å². The molecule has 0 saturated heterocycles. The average molecular weight is 195 g/mol. The smallest absolute Gasteiger partial charge is 0.151 e. The Labute approximate surface area is 83.0 Å². The van der Waals surface area contributed by atoms with Crippen LogP contribution in [0.25, 0.3) is 6.08 Å². The molecule has 0 aliphatic heterocycles. The monoisotopic (exact) mass is 194 g/mol. The first-order chi connectivity index (χ1) is 6.20. The van der Waals surface area contributed by atoms with E-state index in [1.807, 2.05) is 36.4 Å². The molecule has 0 aromatic heterocycles. The van der Waals surface area contributed by atoms with Crippen molar-refractivity contribution < 1.29 is 4.79 Å². The summed E-state index contributed by atoms with van der Waals surface area (Å²) in [6, 6.07) is 9.74. The molecule has 0 fully saturated rings. The number of allylic oxidation sites excluding steroid dienone is 1. The summed E-state index contributed by atoms with van der Waals surface area (Å²) in [5.41, 5.74) is 1.05. The van der Waals surface area contributed by atoms with E-state index in [0.29, 0.717) is 0 Å². The molecule has 68 valence electrons. The highest BCUT2D eigenvalue weighted by Crippen LogP contribution is 2.05. The van der Waals surface area contributed by atoms with Crippen LogP contribution in [0.5, 0.6) is 0 Å². The van der Waals surface area contributed by atoms with Gasteiger partial charge in [-0.3, -0.25) is 4.79 Å². The van der Waals surface area contributed by atoms with Crippen LogP contribution in [0.15, 0.2) is 36.4 Å². The van der Waals surface area contributed by atoms with E-state index in [1.165, 1.54) is 6.92 Å². The van der Waals surface area contributed by atoms with E-state index >= 15 is 0 Å². The van der Waals surface area contributed by atoms with E-state index in [0.717, 1.165) is 5.56 Å². The van der Waals surface area contributed by atoms with Gasteiger partial charge in [-0.1, -0.05) is 42.5 Å². The molecular formula is C11H11ClO. The maximum Gasteiger partial charge on any atom is 0.151 e. The van der Waals surface area contributed by atoms with Gasteiger partial charge in [0.05, 0.1) is 0 Å². The van der Waals surface area contributed by atoms with Crippen molar-refractivity contribution in [3.63, 3.8) is 0 Å². The van der Waals surface area contributed by atoms with E-state index in [9.17, 15) is 4.79 Å². The number of benzene rings is 1. The maximum atomic E-state index is 10.8. The minimum absolute atomic E-state index is 0.0335. The van der Waals surface area contributed by atoms with Crippen LogP contribution in [-0.2, 0) is 4.79 Å². The average Bonchev–Trinajstić information content (AvgIpc) is 2.15. The lowest BCUT2D eigenvalue weighted by atomic mass is 10.2. The first-order valence-electron chi connectivity index (χ1n) is 4.08. The molecule has 1 aromatic carbocycles. The predicted molar refractivity (Wildman–Crippen MR) is 55.8 cm³/mol. The number of ketones is 1. The van der Waals surface area contributed by atoms with Crippen LogP contribution in [0, 0.1) is 0 Å². The van der Waals surface area contributed by atoms with Gasteiger partial charge in [0, 0.05) is 0 Å². The summed E-state index contributed by atoms with van der Waals surface area (Å²) in [5.74, 6) is -0.0335. The minimum atomic E-state index is -0.514. The zero-order valence-electron chi connectivity index (χ0n) is 7.41. The van der Waals surface area contributed by atoms with Crippen LogP contribution < -0.4 is 0 Å². The second-order valence-electron chi connectivity index (χ2n) is 2.78. The van der Waals surface area contributed by atoms with Gasteiger partial charge < -0.3 is 0 Å². The summed E-state index contributed by atoms with van der Waals surface area (Å²) >= 11 is 5.73. The van der Waals surface area contributed by atoms with Gasteiger partial charge >= 0.3 is 0 Å². The summed E-state index contributed by atoms with van der Waals surface area (Å²) in [6.45, 7) is 1.48. The van der Waals surface area contributed by atoms with E-state index in [4.69, 9.17) is 11.6 Å². The van der Waals surface area contributed by atoms with Gasteiger partial charge in [0.25, 0.3) is 0 Å². The third-order valence-electron chi connectivity index (χ3n) is 1.65. The van der Waals surface area contributed by atoms with Crippen LogP contribution in [0.1, 0.15) is 12.5 Å². The number of hydrogen-bond donors (Lipinski definition) is 0. The van der Waals surface area contributed by atoms with Crippen molar-refractivity contribution in [3.05, 3.63) is 42.0 Å². The molecule has 0 aliphatic rings. The Hall–Kier alpha value is -1.08. The molecule has 0 saturated carbocycles. The van der Waals surface area contributed by atoms with Gasteiger partial charge in [-0.25, -0.2) is 0 Å². The molecule has 0 radical (unpaired) electrons. The lowest BCUT2D eigenvalue weighted by Gasteiger charge is -1.96. The Kier molecular flexibility index (Phi) is 3.71. The van der Waals surface area contributed by atoms with Gasteiger partial charge in [-0.15, -0.1) is 11.6 Å². The molecule has 1 nitrogen and oxygen atoms in total. The van der Waals surface area contributed by atoms with Gasteiger partial charge in [0.15, 0.2) is 5.78 Å². The molecule has 13 heavy (non-hydrogen) atoms. The molecule has 1 rings (SSSR count). The van der Waals surface area contributed by atoms with Crippen LogP contribution in [0.2, 0.25) is 0 Å². The van der Waals surface area contributed by atoms with Crippen LogP contribution in [-0.4, -0.2) is 11.2 Å². The van der Waals surface area contributed by atoms with Crippen LogP contribution in [0.3, 0.4) is 0 Å². The maximum absolute atomic E-state index is 10.8. The number of Topliss-reactive ketones (excluding diaryl/α,β-unsaturated/α-hetero) is 1. The molecule has 0 N–H and O–H groups in total. The Bertz CT molecular complexity index is 303. The molecule has 1 aromatic rings. The molecule has 2 heteroatoms. The molecule has 0 spiro atoms. The predicted octanol–water partition coefficient (Wildman–Crippen LogP) is 2.90. The van der Waals surface area contributed by atoms with Gasteiger partial charge in [-0.05, 0) is 12.5 Å². The SMILES string of the molecule is CC(=O)C(Cl)/C=C/c1ccccc1. The Morgan fingerprint density at radius 1 is 1.38 bits per heavy atom. The highest BCUT2D eigenvalue weighted by molar-refractivity contribution is 6.32. The Morgan fingerprint density at radius 3 is 2.54 bits per heavy atom. The molecule has 0 amide bonds. The van der Waals surface area contributed by atoms with Gasteiger partial charge in [-0.2, -0.15) is 0 Å². The first kappa shape index (κ1) is 10.0. The van der Waals surface area contributed by atoms with Crippen molar-refractivity contribution in [1.82, 2.24) is 0 Å². The lowest BCUT2D eigenvalue weighted by Crippen LogP contribution is -2.05. The minimum Gasteiger partial charge on any atom is -0.298 e. The molecule has 1 atom stereocenters. The van der Waals surface area contributed by atoms with Crippen molar-refractivity contribution in [1.29, 1.82) is 0 Å². The van der Waals surface area contributed by atoms with E-state index < -0.39 is 5.38 Å². The summed E-state index contributed by atoms with van der Waals surface area (Å²) in [7, 11) is 0. The Morgan fingerprint density at radius 2 is 2.00 bits per heavy atom. The number of rotatable bonds is 3. The molecular weight excluding hydrogens is 184 g/mol. The Balaban J connectivity index is 2.64. The summed E-state index contributed by atoms with van der Waals surface area (Å²) in [4.78, 5) is 10.8. The van der Waals surface area contributed by atoms with Crippen molar-refractivity contribution in [3.8, 4) is 0 Å². The van der Waals surface area contributed by atoms with Crippen LogP contribution in [0.4, 0.5) is 0 Å². The topological polar surface area (TPSA) is 17.1 Å². The fourth-order valence-corrected chi connectivity index (χ4v) is 0.968. The number of carbonyl (C=O) groups excluding carboxylic acids is 1. The molecule has 1 unspecified atom stereocenters. The third-order valence-corrected chi connectivity index (χ3v) is 2.10. The summed E-state index contributed by atoms with van der Waals surface area (Å²) in [6.07, 6.45) is 3.54. The molecule has 0 heterocycles. The lowest BCUT2D eigenvalue weighted by molar-refractivity contribution is -0.115. The number of carbonyl (C=O) groups is 1. The van der Waals surface area contributed by atoms with Crippen molar-refractivity contribution in [2.45, 2.75) is 12.3 Å². The summed E-state index contributed by atoms with van der Waals surface area (Å²) in [5, 5.41) is -0.514. The van der Waals surface area contributed by atoms with E-state index in [1.54, 1.807) is 6.08 Å². The highest BCUT2D eigenvalue weighted by Gasteiger charge is 2.03. The van der Waals surface area contributed by atoms with Crippen molar-refractivity contribution in [2.24, 2.45) is 0 Å². The fourth-order valence-electron chi connectivity index (χ4n) is 0.895. The fraction of sp³-hybridized carbons (Fsp3) is 0.182. The van der Waals surface area contributed by atoms with Crippen molar-refractivity contribution in [2.75, 3.05) is 0 Å². The van der Waals surface area contributed by atoms with Gasteiger partial charge in [0.2, 0.25) is 0 Å². The van der Waals surface area contributed by atoms with Crippen LogP contribution >= 0.6 is 11.6 Å². The molecule has 0 bridgehead atoms. The normalized spacial score (nSPS) is 13.1. The first-order valence-corrected chi connectivity index (χ1v) is 4.51. The van der Waals surface area contributed by atoms with Crippen molar-refractivity contribution >= 4 is 23.5 Å². The third kappa shape index (κ3) is 3.43. The second kappa shape index (κ2) is 4.83. The van der Waals surface area contributed by atoms with E-state index in [2.05, 4.69) is 0 Å². The largest absolute Gasteiger partial charge is 0.298 e. The zero-order valence-corrected chi connectivity index (χ0v) is 8.16. The summed E-state index contributed by atoms with van der Waals surface area (Å²) < 4.78 is 0. The quantitative estimate of drug-likeness (QED) is 0.677. The molecule has 0 aliphatic carbocycles. The number of alkyl halides is 1. The number of hydrogen-bond acceptors (Lipinski definition) is 1.